The van der Waals surface area contributed by atoms with Crippen molar-refractivity contribution in [1.82, 2.24) is 29.5 Å². The third-order valence-electron chi connectivity index (χ3n) is 12.5. The number of hydrogen-bond donors (Lipinski definition) is 0. The van der Waals surface area contributed by atoms with Crippen molar-refractivity contribution in [1.29, 1.82) is 0 Å². The monoisotopic (exact) mass is 865 g/mol. The van der Waals surface area contributed by atoms with Gasteiger partial charge in [-0.25, -0.2) is 15.0 Å². The molecule has 0 N–H and O–H groups in total. The fourth-order valence-electron chi connectivity index (χ4n) is 9.48. The fourth-order valence-corrected chi connectivity index (χ4v) is 9.48. The molecule has 0 bridgehead atoms. The molecular weight excluding hydrogens is 825 g/mol. The van der Waals surface area contributed by atoms with Gasteiger partial charge in [0.25, 0.3) is 0 Å². The number of aromatic nitrogens is 6. The molecule has 0 aliphatic heterocycles. The molecule has 0 amide bonds. The predicted molar refractivity (Wildman–Crippen MR) is 269 cm³/mol. The second kappa shape index (κ2) is 14.6. The zero-order chi connectivity index (χ0) is 50.1. The first kappa shape index (κ1) is 30.8. The van der Waals surface area contributed by atoms with Crippen LogP contribution in [0, 0.1) is 0 Å². The Kier molecular flexibility index (Phi) is 6.72. The van der Waals surface area contributed by atoms with Gasteiger partial charge >= 0.3 is 0 Å². The van der Waals surface area contributed by atoms with E-state index in [2.05, 4.69) is 52.4 Å². The Bertz CT molecular complexity index is 4730. The minimum Gasteiger partial charge on any atom is -0.455 e. The molecular formula is C59H34N6O2. The molecule has 0 aliphatic carbocycles. The van der Waals surface area contributed by atoms with Gasteiger partial charge in [0, 0.05) is 72.5 Å². The molecule has 0 radical (unpaired) electrons. The van der Waals surface area contributed by atoms with Crippen molar-refractivity contribution in [3.8, 4) is 62.1 Å². The van der Waals surface area contributed by atoms with Crippen LogP contribution in [0.25, 0.3) is 139 Å². The van der Waals surface area contributed by atoms with E-state index < -0.39 is 12.1 Å². The minimum absolute atomic E-state index is 0.0387. The summed E-state index contributed by atoms with van der Waals surface area (Å²) in [7, 11) is 0. The van der Waals surface area contributed by atoms with Crippen LogP contribution in [0.3, 0.4) is 0 Å². The molecule has 0 aliphatic rings. The van der Waals surface area contributed by atoms with Gasteiger partial charge in [0.1, 0.15) is 22.3 Å². The Morgan fingerprint density at radius 1 is 0.403 bits per heavy atom. The first-order chi connectivity index (χ1) is 36.1. The number of hydrogen-bond acceptors (Lipinski definition) is 7. The zero-order valence-electron chi connectivity index (χ0n) is 42.1. The van der Waals surface area contributed by atoms with Crippen LogP contribution in [0.15, 0.2) is 215 Å². The van der Waals surface area contributed by atoms with E-state index in [4.69, 9.17) is 30.6 Å². The summed E-state index contributed by atoms with van der Waals surface area (Å²) in [5.74, 6) is 0.829. The van der Waals surface area contributed by atoms with Crippen LogP contribution in [0.2, 0.25) is 0 Å². The lowest BCUT2D eigenvalue weighted by Crippen LogP contribution is -2.04. The molecule has 8 nitrogen and oxygen atoms in total. The number of furan rings is 2. The van der Waals surface area contributed by atoms with E-state index in [-0.39, 0.29) is 57.8 Å². The molecule has 0 unspecified atom stereocenters. The van der Waals surface area contributed by atoms with E-state index >= 15 is 0 Å². The predicted octanol–water partition coefficient (Wildman–Crippen LogP) is 15.0. The second-order valence-corrected chi connectivity index (χ2v) is 16.3. The zero-order valence-corrected chi connectivity index (χ0v) is 35.1. The van der Waals surface area contributed by atoms with Crippen molar-refractivity contribution in [3.05, 3.63) is 206 Å². The van der Waals surface area contributed by atoms with Crippen LogP contribution in [0.5, 0.6) is 0 Å². The van der Waals surface area contributed by atoms with Gasteiger partial charge in [0.15, 0.2) is 17.5 Å². The lowest BCUT2D eigenvalue weighted by molar-refractivity contribution is 0.669. The Morgan fingerprint density at radius 2 is 1.01 bits per heavy atom. The van der Waals surface area contributed by atoms with Gasteiger partial charge in [-0.3, -0.25) is 9.97 Å². The quantitative estimate of drug-likeness (QED) is 0.164. The van der Waals surface area contributed by atoms with Crippen LogP contribution in [0.4, 0.5) is 0 Å². The maximum Gasteiger partial charge on any atom is 0.166 e. The van der Waals surface area contributed by atoms with E-state index in [1.165, 1.54) is 6.07 Å². The van der Waals surface area contributed by atoms with Crippen molar-refractivity contribution in [2.45, 2.75) is 0 Å². The van der Waals surface area contributed by atoms with Gasteiger partial charge in [-0.2, -0.15) is 0 Å². The summed E-state index contributed by atoms with van der Waals surface area (Å²) < 4.78 is 77.0. The Morgan fingerprint density at radius 3 is 1.90 bits per heavy atom. The highest BCUT2D eigenvalue weighted by molar-refractivity contribution is 6.14. The van der Waals surface area contributed by atoms with Gasteiger partial charge in [-0.05, 0) is 71.7 Å². The molecule has 5 aromatic heterocycles. The van der Waals surface area contributed by atoms with Crippen molar-refractivity contribution in [2.24, 2.45) is 0 Å². The molecule has 67 heavy (non-hydrogen) atoms. The topological polar surface area (TPSA) is 95.7 Å². The number of para-hydroxylation sites is 7. The second-order valence-electron chi connectivity index (χ2n) is 16.3. The van der Waals surface area contributed by atoms with Crippen LogP contribution in [-0.4, -0.2) is 29.5 Å². The number of rotatable bonds is 6. The number of benzene rings is 9. The Labute approximate surface area is 391 Å². The maximum atomic E-state index is 9.20. The molecule has 0 spiro atoms. The van der Waals surface area contributed by atoms with Crippen molar-refractivity contribution in [2.75, 3.05) is 0 Å². The molecule has 0 saturated carbocycles. The van der Waals surface area contributed by atoms with Crippen molar-refractivity contribution < 1.29 is 18.4 Å². The standard InChI is InChI=1S/C59H34N6O2/c1-5-25-49-40(15-1)41-16-2-6-26-50(41)65(49)51-27-7-3-18-45(51)58-62-57(63-59(64-58)46-23-12-24-48-54(46)61-32-31-60-48)37-14-9-13-35(33-37)38-19-11-22-44-47-34-36(29-30-53(47)67-56(38)44)39-20-10-21-43-42-17-4-8-28-52(42)66-55(39)43/h1-34H/i1D,2D,5D,15D,16D,25D,26D. The smallest absolute Gasteiger partial charge is 0.166 e. The lowest BCUT2D eigenvalue weighted by Gasteiger charge is -2.15. The van der Waals surface area contributed by atoms with Crippen LogP contribution in [0.1, 0.15) is 9.60 Å². The molecule has 14 rings (SSSR count). The van der Waals surface area contributed by atoms with Gasteiger partial charge in [0.05, 0.1) is 37.3 Å². The lowest BCUT2D eigenvalue weighted by atomic mass is 9.98. The molecule has 14 aromatic rings. The van der Waals surface area contributed by atoms with Crippen molar-refractivity contribution >= 4 is 76.7 Å². The fraction of sp³-hybridized carbons (Fsp3) is 0. The summed E-state index contributed by atoms with van der Waals surface area (Å²) in [4.78, 5) is 24.7. The summed E-state index contributed by atoms with van der Waals surface area (Å²) in [5, 5.41) is 4.14. The summed E-state index contributed by atoms with van der Waals surface area (Å²) in [6, 6.07) is 46.2. The molecule has 312 valence electrons. The van der Waals surface area contributed by atoms with E-state index in [1.807, 2.05) is 84.9 Å². The third kappa shape index (κ3) is 5.83. The molecule has 5 heterocycles. The highest BCUT2D eigenvalue weighted by atomic mass is 16.3. The highest BCUT2D eigenvalue weighted by Gasteiger charge is 2.22. The average molecular weight is 866 g/mol. The molecule has 0 atom stereocenters. The van der Waals surface area contributed by atoms with E-state index in [0.29, 0.717) is 50.6 Å². The third-order valence-corrected chi connectivity index (χ3v) is 12.5. The Balaban J connectivity index is 0.957. The molecule has 0 saturated heterocycles. The summed E-state index contributed by atoms with van der Waals surface area (Å²) >= 11 is 0. The van der Waals surface area contributed by atoms with E-state index in [9.17, 15) is 2.74 Å². The van der Waals surface area contributed by atoms with E-state index in [0.717, 1.165) is 60.5 Å². The minimum atomic E-state index is -0.484. The maximum absolute atomic E-state index is 9.20. The van der Waals surface area contributed by atoms with Crippen molar-refractivity contribution in [3.63, 3.8) is 0 Å². The average Bonchev–Trinajstić information content (AvgIpc) is 4.19. The van der Waals surface area contributed by atoms with Gasteiger partial charge in [-0.15, -0.1) is 0 Å². The first-order valence-corrected chi connectivity index (χ1v) is 21.6. The Hall–Kier alpha value is -9.27. The SMILES string of the molecule is [2H]c1cc([2H])c2c(c1[2H])c1c([2H])c([2H])c([2H])c([2H])c1n2-c1ccccc1-c1nc(-c2cccc(-c3cccc4c3oc3ccc(-c5cccc6c5oc5ccccc56)cc34)c2)nc(-c2cccc3nccnc23)n1. The van der Waals surface area contributed by atoms with Gasteiger partial charge in [-0.1, -0.05) is 133 Å². The number of nitrogens with zero attached hydrogens (tertiary/aromatic N) is 6. The number of fused-ring (bicyclic) bond motifs is 10. The summed E-state index contributed by atoms with van der Waals surface area (Å²) in [6.45, 7) is 0. The van der Waals surface area contributed by atoms with Gasteiger partial charge < -0.3 is 13.4 Å². The normalized spacial score (nSPS) is 13.3. The van der Waals surface area contributed by atoms with Crippen LogP contribution >= 0.6 is 0 Å². The van der Waals surface area contributed by atoms with Crippen LogP contribution in [-0.2, 0) is 0 Å². The largest absolute Gasteiger partial charge is 0.455 e. The summed E-state index contributed by atoms with van der Waals surface area (Å²) in [5.41, 5.74) is 10.3. The molecule has 0 fully saturated rings. The van der Waals surface area contributed by atoms with Gasteiger partial charge in [0.2, 0.25) is 0 Å². The highest BCUT2D eigenvalue weighted by Crippen LogP contribution is 2.42. The van der Waals surface area contributed by atoms with Crippen LogP contribution < -0.4 is 0 Å². The summed E-state index contributed by atoms with van der Waals surface area (Å²) in [6.07, 6.45) is 3.23. The molecule has 8 heteroatoms. The van der Waals surface area contributed by atoms with E-state index in [1.54, 1.807) is 35.2 Å². The molecule has 9 aromatic carbocycles. The first-order valence-electron chi connectivity index (χ1n) is 25.1.